The first-order valence-corrected chi connectivity index (χ1v) is 6.73. The van der Waals surface area contributed by atoms with Gasteiger partial charge in [-0.25, -0.2) is 0 Å². The highest BCUT2D eigenvalue weighted by atomic mass is 16.5. The van der Waals surface area contributed by atoms with Crippen LogP contribution in [0.2, 0.25) is 0 Å². The lowest BCUT2D eigenvalue weighted by Crippen LogP contribution is -2.31. The van der Waals surface area contributed by atoms with Crippen molar-refractivity contribution >= 4 is 5.91 Å². The Morgan fingerprint density at radius 1 is 1.50 bits per heavy atom. The van der Waals surface area contributed by atoms with Gasteiger partial charge >= 0.3 is 0 Å². The van der Waals surface area contributed by atoms with Crippen molar-refractivity contribution in [3.63, 3.8) is 0 Å². The first-order valence-electron chi connectivity index (χ1n) is 6.73. The Morgan fingerprint density at radius 2 is 2.22 bits per heavy atom. The number of carbonyl (C=O) groups excluding carboxylic acids is 1. The Kier molecular flexibility index (Phi) is 3.73. The summed E-state index contributed by atoms with van der Waals surface area (Å²) in [5.74, 6) is 1.51. The molecule has 0 aromatic carbocycles. The first kappa shape index (κ1) is 13.1. The molecule has 1 aliphatic heterocycles. The van der Waals surface area contributed by atoms with E-state index in [2.05, 4.69) is 19.0 Å². The average molecular weight is 250 g/mol. The van der Waals surface area contributed by atoms with Crippen LogP contribution in [-0.2, 0) is 4.79 Å². The van der Waals surface area contributed by atoms with E-state index in [0.29, 0.717) is 12.3 Å². The molecule has 0 bridgehead atoms. The molecule has 1 aromatic heterocycles. The number of rotatable bonds is 3. The van der Waals surface area contributed by atoms with Gasteiger partial charge in [-0.15, -0.1) is 0 Å². The molecule has 4 heteroatoms. The van der Waals surface area contributed by atoms with E-state index in [1.165, 1.54) is 0 Å². The predicted molar refractivity (Wildman–Crippen MR) is 69.1 cm³/mol. The Labute approximate surface area is 108 Å². The largest absolute Gasteiger partial charge is 0.361 e. The van der Waals surface area contributed by atoms with Crippen LogP contribution in [0.3, 0.4) is 0 Å². The molecule has 2 rings (SSSR count). The average Bonchev–Trinajstić information content (AvgIpc) is 2.84. The summed E-state index contributed by atoms with van der Waals surface area (Å²) in [6.07, 6.45) is 2.71. The maximum Gasteiger partial charge on any atom is 0.223 e. The summed E-state index contributed by atoms with van der Waals surface area (Å²) >= 11 is 0. The molecule has 0 saturated carbocycles. The second kappa shape index (κ2) is 5.12. The Hall–Kier alpha value is -1.32. The molecule has 2 heterocycles. The number of amides is 1. The van der Waals surface area contributed by atoms with Crippen molar-refractivity contribution in [3.05, 3.63) is 17.0 Å². The number of likely N-dealkylation sites (tertiary alicyclic amines) is 1. The number of aromatic nitrogens is 1. The fourth-order valence-corrected chi connectivity index (χ4v) is 2.80. The molecule has 0 spiro atoms. The summed E-state index contributed by atoms with van der Waals surface area (Å²) in [5, 5.41) is 4.00. The third-order valence-electron chi connectivity index (χ3n) is 3.58. The third kappa shape index (κ3) is 2.42. The van der Waals surface area contributed by atoms with Crippen LogP contribution in [0, 0.1) is 19.8 Å². The van der Waals surface area contributed by atoms with Gasteiger partial charge in [0.05, 0.1) is 11.7 Å². The lowest BCUT2D eigenvalue weighted by atomic mass is 10.0. The molecule has 0 N–H and O–H groups in total. The molecule has 0 aliphatic carbocycles. The summed E-state index contributed by atoms with van der Waals surface area (Å²) < 4.78 is 5.23. The van der Waals surface area contributed by atoms with Crippen LogP contribution in [-0.4, -0.2) is 22.5 Å². The molecule has 1 fully saturated rings. The molecule has 0 radical (unpaired) electrons. The normalized spacial score (nSPS) is 19.8. The number of aryl methyl sites for hydroxylation is 2. The van der Waals surface area contributed by atoms with Gasteiger partial charge in [0.1, 0.15) is 5.76 Å². The van der Waals surface area contributed by atoms with E-state index in [1.807, 2.05) is 18.7 Å². The topological polar surface area (TPSA) is 46.3 Å². The first-order chi connectivity index (χ1) is 8.50. The monoisotopic (exact) mass is 250 g/mol. The van der Waals surface area contributed by atoms with E-state index < -0.39 is 0 Å². The molecule has 1 aliphatic rings. The van der Waals surface area contributed by atoms with Gasteiger partial charge < -0.3 is 9.42 Å². The molecular formula is C14H22N2O2. The summed E-state index contributed by atoms with van der Waals surface area (Å²) in [6.45, 7) is 8.91. The van der Waals surface area contributed by atoms with Gasteiger partial charge in [-0.05, 0) is 32.6 Å². The second-order valence-corrected chi connectivity index (χ2v) is 5.58. The summed E-state index contributed by atoms with van der Waals surface area (Å²) in [4.78, 5) is 14.3. The molecule has 0 unspecified atom stereocenters. The van der Waals surface area contributed by atoms with Gasteiger partial charge in [-0.1, -0.05) is 19.0 Å². The van der Waals surface area contributed by atoms with Crippen molar-refractivity contribution in [1.82, 2.24) is 10.1 Å². The second-order valence-electron chi connectivity index (χ2n) is 5.58. The minimum Gasteiger partial charge on any atom is -0.361 e. The highest BCUT2D eigenvalue weighted by Gasteiger charge is 2.33. The van der Waals surface area contributed by atoms with E-state index in [-0.39, 0.29) is 11.9 Å². The molecule has 1 aromatic rings. The van der Waals surface area contributed by atoms with E-state index in [9.17, 15) is 4.79 Å². The number of carbonyl (C=O) groups is 1. The van der Waals surface area contributed by atoms with Crippen LogP contribution < -0.4 is 0 Å². The van der Waals surface area contributed by atoms with Crippen molar-refractivity contribution < 1.29 is 9.32 Å². The van der Waals surface area contributed by atoms with Crippen LogP contribution >= 0.6 is 0 Å². The Bertz CT molecular complexity index is 418. The zero-order chi connectivity index (χ0) is 13.3. The van der Waals surface area contributed by atoms with Crippen LogP contribution in [0.15, 0.2) is 4.52 Å². The summed E-state index contributed by atoms with van der Waals surface area (Å²) in [7, 11) is 0. The van der Waals surface area contributed by atoms with Crippen LogP contribution in [0.5, 0.6) is 0 Å². The van der Waals surface area contributed by atoms with Gasteiger partial charge in [0, 0.05) is 18.5 Å². The Balaban J connectivity index is 2.20. The van der Waals surface area contributed by atoms with Crippen LogP contribution in [0.1, 0.15) is 56.2 Å². The zero-order valence-corrected chi connectivity index (χ0v) is 11.7. The molecule has 100 valence electrons. The number of nitrogens with zero attached hydrogens (tertiary/aromatic N) is 2. The molecule has 4 nitrogen and oxygen atoms in total. The molecular weight excluding hydrogens is 228 g/mol. The van der Waals surface area contributed by atoms with Crippen molar-refractivity contribution in [2.45, 2.75) is 53.0 Å². The lowest BCUT2D eigenvalue weighted by molar-refractivity contribution is -0.132. The molecule has 18 heavy (non-hydrogen) atoms. The lowest BCUT2D eigenvalue weighted by Gasteiger charge is -2.25. The number of hydrogen-bond acceptors (Lipinski definition) is 3. The number of hydrogen-bond donors (Lipinski definition) is 0. The van der Waals surface area contributed by atoms with Gasteiger partial charge in [-0.2, -0.15) is 0 Å². The van der Waals surface area contributed by atoms with E-state index in [4.69, 9.17) is 4.52 Å². The van der Waals surface area contributed by atoms with E-state index in [1.54, 1.807) is 0 Å². The molecule has 1 amide bonds. The van der Waals surface area contributed by atoms with E-state index >= 15 is 0 Å². The van der Waals surface area contributed by atoms with Crippen molar-refractivity contribution in [3.8, 4) is 0 Å². The quantitative estimate of drug-likeness (QED) is 0.828. The fraction of sp³-hybridized carbons (Fsp3) is 0.714. The smallest absolute Gasteiger partial charge is 0.223 e. The van der Waals surface area contributed by atoms with Crippen molar-refractivity contribution in [2.75, 3.05) is 6.54 Å². The highest BCUT2D eigenvalue weighted by molar-refractivity contribution is 5.77. The zero-order valence-electron chi connectivity index (χ0n) is 11.7. The third-order valence-corrected chi connectivity index (χ3v) is 3.58. The van der Waals surface area contributed by atoms with Gasteiger partial charge in [-0.3, -0.25) is 4.79 Å². The summed E-state index contributed by atoms with van der Waals surface area (Å²) in [5.41, 5.74) is 2.03. The molecule has 1 atom stereocenters. The highest BCUT2D eigenvalue weighted by Crippen LogP contribution is 2.36. The van der Waals surface area contributed by atoms with Gasteiger partial charge in [0.2, 0.25) is 5.91 Å². The van der Waals surface area contributed by atoms with Crippen molar-refractivity contribution in [2.24, 2.45) is 5.92 Å². The van der Waals surface area contributed by atoms with Crippen molar-refractivity contribution in [1.29, 1.82) is 0 Å². The standard InChI is InChI=1S/C14H22N2O2/c1-9(2)8-13(17)16-7-5-6-12(16)14-10(3)15-18-11(14)4/h9,12H,5-8H2,1-4H3/t12-/m0/s1. The molecule has 1 saturated heterocycles. The van der Waals surface area contributed by atoms with Gasteiger partial charge in [0.15, 0.2) is 0 Å². The van der Waals surface area contributed by atoms with Crippen LogP contribution in [0.25, 0.3) is 0 Å². The maximum atomic E-state index is 12.3. The summed E-state index contributed by atoms with van der Waals surface area (Å²) in [6, 6.07) is 0.169. The minimum absolute atomic E-state index is 0.169. The van der Waals surface area contributed by atoms with Gasteiger partial charge in [0.25, 0.3) is 0 Å². The maximum absolute atomic E-state index is 12.3. The van der Waals surface area contributed by atoms with Crippen LogP contribution in [0.4, 0.5) is 0 Å². The fourth-order valence-electron chi connectivity index (χ4n) is 2.80. The Morgan fingerprint density at radius 3 is 2.78 bits per heavy atom. The minimum atomic E-state index is 0.169. The van der Waals surface area contributed by atoms with E-state index in [0.717, 1.165) is 36.4 Å². The predicted octanol–water partition coefficient (Wildman–Crippen LogP) is 3.00. The SMILES string of the molecule is Cc1noc(C)c1[C@@H]1CCCN1C(=O)CC(C)C.